The Labute approximate surface area is 118 Å². The summed E-state index contributed by atoms with van der Waals surface area (Å²) in [4.78, 5) is 16.6. The molecule has 0 aliphatic rings. The van der Waals surface area contributed by atoms with Crippen molar-refractivity contribution < 1.29 is 9.90 Å². The standard InChI is InChI=1S/C16H20N2O2/c1-11(2)9-12(10-19)18-16(20)14-5-3-7-15-13(14)6-4-8-17-15/h3-8,11-12,19H,9-10H2,1-2H3,(H,18,20). The zero-order valence-electron chi connectivity index (χ0n) is 11.8. The van der Waals surface area contributed by atoms with E-state index in [1.165, 1.54) is 0 Å². The lowest BCUT2D eigenvalue weighted by Crippen LogP contribution is -2.38. The van der Waals surface area contributed by atoms with Crippen LogP contribution in [0.5, 0.6) is 0 Å². The second-order valence-electron chi connectivity index (χ2n) is 5.36. The third-order valence-electron chi connectivity index (χ3n) is 3.20. The van der Waals surface area contributed by atoms with Crippen molar-refractivity contribution in [1.82, 2.24) is 10.3 Å². The number of benzene rings is 1. The Balaban J connectivity index is 2.23. The van der Waals surface area contributed by atoms with Crippen LogP contribution in [0, 0.1) is 5.92 Å². The van der Waals surface area contributed by atoms with Gasteiger partial charge in [-0.15, -0.1) is 0 Å². The van der Waals surface area contributed by atoms with Gasteiger partial charge in [0.2, 0.25) is 0 Å². The predicted octanol–water partition coefficient (Wildman–Crippen LogP) is 2.37. The number of nitrogens with one attached hydrogen (secondary N) is 1. The van der Waals surface area contributed by atoms with Gasteiger partial charge < -0.3 is 10.4 Å². The van der Waals surface area contributed by atoms with E-state index < -0.39 is 0 Å². The molecule has 4 heteroatoms. The molecule has 0 bridgehead atoms. The molecule has 20 heavy (non-hydrogen) atoms. The van der Waals surface area contributed by atoms with Crippen LogP contribution in [0.15, 0.2) is 36.5 Å². The molecule has 1 atom stereocenters. The van der Waals surface area contributed by atoms with Crippen molar-refractivity contribution in [3.05, 3.63) is 42.1 Å². The number of hydrogen-bond acceptors (Lipinski definition) is 3. The third-order valence-corrected chi connectivity index (χ3v) is 3.20. The molecule has 0 saturated carbocycles. The average Bonchev–Trinajstić information content (AvgIpc) is 2.45. The number of hydrogen-bond donors (Lipinski definition) is 2. The molecular formula is C16H20N2O2. The molecule has 0 spiro atoms. The van der Waals surface area contributed by atoms with Crippen LogP contribution >= 0.6 is 0 Å². The lowest BCUT2D eigenvalue weighted by molar-refractivity contribution is 0.0910. The highest BCUT2D eigenvalue weighted by atomic mass is 16.3. The maximum Gasteiger partial charge on any atom is 0.252 e. The highest BCUT2D eigenvalue weighted by Crippen LogP contribution is 2.16. The van der Waals surface area contributed by atoms with Gasteiger partial charge >= 0.3 is 0 Å². The number of amides is 1. The second kappa shape index (κ2) is 6.48. The minimum Gasteiger partial charge on any atom is -0.394 e. The minimum absolute atomic E-state index is 0.0487. The van der Waals surface area contributed by atoms with E-state index in [0.29, 0.717) is 11.5 Å². The van der Waals surface area contributed by atoms with Crippen LogP contribution in [0.25, 0.3) is 10.9 Å². The maximum absolute atomic E-state index is 12.4. The van der Waals surface area contributed by atoms with E-state index in [-0.39, 0.29) is 18.6 Å². The molecule has 0 aliphatic carbocycles. The van der Waals surface area contributed by atoms with Crippen molar-refractivity contribution in [3.8, 4) is 0 Å². The fourth-order valence-corrected chi connectivity index (χ4v) is 2.31. The van der Waals surface area contributed by atoms with Gasteiger partial charge in [0, 0.05) is 17.1 Å². The van der Waals surface area contributed by atoms with Crippen LogP contribution in [0.3, 0.4) is 0 Å². The first-order chi connectivity index (χ1) is 9.61. The third kappa shape index (κ3) is 3.33. The van der Waals surface area contributed by atoms with Crippen molar-refractivity contribution in [2.24, 2.45) is 5.92 Å². The fraction of sp³-hybridized carbons (Fsp3) is 0.375. The van der Waals surface area contributed by atoms with Crippen LogP contribution in [0.1, 0.15) is 30.6 Å². The van der Waals surface area contributed by atoms with Crippen LogP contribution in [0.4, 0.5) is 0 Å². The minimum atomic E-state index is -0.213. The molecule has 1 unspecified atom stereocenters. The molecule has 0 fully saturated rings. The molecule has 2 N–H and O–H groups in total. The molecule has 1 aromatic heterocycles. The summed E-state index contributed by atoms with van der Waals surface area (Å²) in [6.45, 7) is 4.08. The first kappa shape index (κ1) is 14.5. The first-order valence-corrected chi connectivity index (χ1v) is 6.87. The van der Waals surface area contributed by atoms with Gasteiger partial charge in [0.15, 0.2) is 0 Å². The summed E-state index contributed by atoms with van der Waals surface area (Å²) in [7, 11) is 0. The van der Waals surface area contributed by atoms with Gasteiger partial charge in [-0.2, -0.15) is 0 Å². The molecular weight excluding hydrogens is 252 g/mol. The number of pyridine rings is 1. The summed E-state index contributed by atoms with van der Waals surface area (Å²) in [6, 6.07) is 8.97. The summed E-state index contributed by atoms with van der Waals surface area (Å²) in [5, 5.41) is 13.1. The number of carbonyl (C=O) groups excluding carboxylic acids is 1. The summed E-state index contributed by atoms with van der Waals surface area (Å²) in [6.07, 6.45) is 2.46. The molecule has 4 nitrogen and oxygen atoms in total. The quantitative estimate of drug-likeness (QED) is 0.878. The molecule has 0 radical (unpaired) electrons. The van der Waals surface area contributed by atoms with Crippen LogP contribution in [-0.4, -0.2) is 28.6 Å². The predicted molar refractivity (Wildman–Crippen MR) is 79.5 cm³/mol. The second-order valence-corrected chi connectivity index (χ2v) is 5.36. The summed E-state index contributed by atoms with van der Waals surface area (Å²) in [5.74, 6) is 0.255. The molecule has 2 aromatic rings. The Morgan fingerprint density at radius 2 is 2.10 bits per heavy atom. The summed E-state index contributed by atoms with van der Waals surface area (Å²) < 4.78 is 0. The zero-order valence-corrected chi connectivity index (χ0v) is 11.8. The van der Waals surface area contributed by atoms with E-state index in [4.69, 9.17) is 0 Å². The Bertz CT molecular complexity index is 591. The SMILES string of the molecule is CC(C)CC(CO)NC(=O)c1cccc2ncccc12. The number of carbonyl (C=O) groups is 1. The smallest absolute Gasteiger partial charge is 0.252 e. The van der Waals surface area contributed by atoms with E-state index in [1.807, 2.05) is 24.3 Å². The van der Waals surface area contributed by atoms with Crippen molar-refractivity contribution in [2.45, 2.75) is 26.3 Å². The number of fused-ring (bicyclic) bond motifs is 1. The highest BCUT2D eigenvalue weighted by Gasteiger charge is 2.16. The van der Waals surface area contributed by atoms with Crippen molar-refractivity contribution in [1.29, 1.82) is 0 Å². The van der Waals surface area contributed by atoms with Gasteiger partial charge in [-0.1, -0.05) is 26.0 Å². The van der Waals surface area contributed by atoms with Crippen molar-refractivity contribution in [2.75, 3.05) is 6.61 Å². The molecule has 0 saturated heterocycles. The fourth-order valence-electron chi connectivity index (χ4n) is 2.31. The van der Waals surface area contributed by atoms with E-state index in [2.05, 4.69) is 24.1 Å². The van der Waals surface area contributed by atoms with Gasteiger partial charge in [-0.3, -0.25) is 9.78 Å². The Hall–Kier alpha value is -1.94. The van der Waals surface area contributed by atoms with Gasteiger partial charge in [-0.25, -0.2) is 0 Å². The number of nitrogens with zero attached hydrogens (tertiary/aromatic N) is 1. The molecule has 106 valence electrons. The van der Waals surface area contributed by atoms with E-state index in [0.717, 1.165) is 17.3 Å². The Morgan fingerprint density at radius 1 is 1.30 bits per heavy atom. The Kier molecular flexibility index (Phi) is 4.69. The molecule has 2 rings (SSSR count). The monoisotopic (exact) mass is 272 g/mol. The van der Waals surface area contributed by atoms with Gasteiger partial charge in [0.1, 0.15) is 0 Å². The molecule has 1 amide bonds. The largest absolute Gasteiger partial charge is 0.394 e. The number of aliphatic hydroxyl groups excluding tert-OH is 1. The van der Waals surface area contributed by atoms with E-state index in [9.17, 15) is 9.90 Å². The number of aromatic nitrogens is 1. The van der Waals surface area contributed by atoms with Gasteiger partial charge in [0.05, 0.1) is 18.2 Å². The van der Waals surface area contributed by atoms with Crippen molar-refractivity contribution >= 4 is 16.8 Å². The van der Waals surface area contributed by atoms with E-state index in [1.54, 1.807) is 12.3 Å². The average molecular weight is 272 g/mol. The highest BCUT2D eigenvalue weighted by molar-refractivity contribution is 6.06. The van der Waals surface area contributed by atoms with Crippen LogP contribution in [0.2, 0.25) is 0 Å². The summed E-state index contributed by atoms with van der Waals surface area (Å²) >= 11 is 0. The van der Waals surface area contributed by atoms with Crippen molar-refractivity contribution in [3.63, 3.8) is 0 Å². The van der Waals surface area contributed by atoms with Crippen LogP contribution in [-0.2, 0) is 0 Å². The number of rotatable bonds is 5. The zero-order chi connectivity index (χ0) is 14.5. The molecule has 1 heterocycles. The normalized spacial score (nSPS) is 12.6. The molecule has 1 aromatic carbocycles. The lowest BCUT2D eigenvalue weighted by Gasteiger charge is -2.18. The van der Waals surface area contributed by atoms with E-state index >= 15 is 0 Å². The Morgan fingerprint density at radius 3 is 2.80 bits per heavy atom. The van der Waals surface area contributed by atoms with Gasteiger partial charge in [-0.05, 0) is 30.5 Å². The molecule has 0 aliphatic heterocycles. The summed E-state index contributed by atoms with van der Waals surface area (Å²) in [5.41, 5.74) is 1.39. The first-order valence-electron chi connectivity index (χ1n) is 6.87. The van der Waals surface area contributed by atoms with Gasteiger partial charge in [0.25, 0.3) is 5.91 Å². The number of aliphatic hydroxyl groups is 1. The lowest BCUT2D eigenvalue weighted by atomic mass is 10.0. The van der Waals surface area contributed by atoms with Crippen LogP contribution < -0.4 is 5.32 Å². The maximum atomic E-state index is 12.4. The topological polar surface area (TPSA) is 62.2 Å².